The van der Waals surface area contributed by atoms with Gasteiger partial charge in [-0.05, 0) is 42.8 Å². The first-order valence-corrected chi connectivity index (χ1v) is 8.77. The molecule has 0 saturated carbocycles. The van der Waals surface area contributed by atoms with Crippen LogP contribution in [0.3, 0.4) is 0 Å². The zero-order chi connectivity index (χ0) is 18.5. The molecule has 0 unspecified atom stereocenters. The molecular formula is C21H21ClN2O2. The van der Waals surface area contributed by atoms with Crippen molar-refractivity contribution in [2.24, 2.45) is 0 Å². The maximum absolute atomic E-state index is 12.6. The van der Waals surface area contributed by atoms with Gasteiger partial charge in [0.15, 0.2) is 0 Å². The molecule has 3 aromatic rings. The number of hydrogen-bond donors (Lipinski definition) is 1. The molecule has 0 saturated heterocycles. The minimum absolute atomic E-state index is 0.0701. The number of ether oxygens (including phenoxy) is 1. The van der Waals surface area contributed by atoms with E-state index in [-0.39, 0.29) is 11.9 Å². The molecule has 0 aliphatic heterocycles. The molecule has 5 heteroatoms. The lowest BCUT2D eigenvalue weighted by Gasteiger charge is -2.20. The maximum atomic E-state index is 12.6. The lowest BCUT2D eigenvalue weighted by molar-refractivity contribution is -0.116. The van der Waals surface area contributed by atoms with Crippen LogP contribution >= 0.6 is 11.6 Å². The van der Waals surface area contributed by atoms with Gasteiger partial charge in [0.2, 0.25) is 5.91 Å². The van der Waals surface area contributed by atoms with Crippen LogP contribution < -0.4 is 10.1 Å². The van der Waals surface area contributed by atoms with Crippen LogP contribution in [-0.4, -0.2) is 17.6 Å². The van der Waals surface area contributed by atoms with Crippen LogP contribution in [0.25, 0.3) is 0 Å². The number of aryl methyl sites for hydroxylation is 1. The number of aromatic nitrogens is 1. The Bertz CT molecular complexity index is 874. The number of nitrogens with one attached hydrogen (secondary N) is 1. The first kappa shape index (κ1) is 18.1. The zero-order valence-corrected chi connectivity index (χ0v) is 15.5. The first-order chi connectivity index (χ1) is 12.6. The summed E-state index contributed by atoms with van der Waals surface area (Å²) >= 11 is 6.13. The largest absolute Gasteiger partial charge is 0.495 e. The molecule has 1 aromatic heterocycles. The van der Waals surface area contributed by atoms with Gasteiger partial charge >= 0.3 is 0 Å². The molecule has 2 aromatic carbocycles. The number of carbonyl (C=O) groups excluding carboxylic acids is 1. The van der Waals surface area contributed by atoms with E-state index in [9.17, 15) is 4.79 Å². The molecule has 4 nitrogen and oxygen atoms in total. The molecule has 1 amide bonds. The monoisotopic (exact) mass is 368 g/mol. The SMILES string of the molecule is COc1ccc(NC(=O)C[C@@H](c2ccc(C)cc2)n2cccc2)cc1Cl. The molecule has 26 heavy (non-hydrogen) atoms. The molecule has 0 aliphatic carbocycles. The van der Waals surface area contributed by atoms with Crippen LogP contribution in [-0.2, 0) is 4.79 Å². The summed E-state index contributed by atoms with van der Waals surface area (Å²) in [6, 6.07) is 17.3. The third-order valence-electron chi connectivity index (χ3n) is 4.26. The van der Waals surface area contributed by atoms with Gasteiger partial charge in [-0.2, -0.15) is 0 Å². The number of amides is 1. The average Bonchev–Trinajstić information content (AvgIpc) is 3.15. The number of carbonyl (C=O) groups is 1. The summed E-state index contributed by atoms with van der Waals surface area (Å²) in [5.74, 6) is 0.500. The van der Waals surface area contributed by atoms with Gasteiger partial charge < -0.3 is 14.6 Å². The highest BCUT2D eigenvalue weighted by molar-refractivity contribution is 6.32. The Balaban J connectivity index is 1.77. The van der Waals surface area contributed by atoms with E-state index >= 15 is 0 Å². The Morgan fingerprint density at radius 3 is 2.46 bits per heavy atom. The summed E-state index contributed by atoms with van der Waals surface area (Å²) in [6.45, 7) is 2.05. The molecule has 1 heterocycles. The van der Waals surface area contributed by atoms with Gasteiger partial charge in [-0.1, -0.05) is 41.4 Å². The number of anilines is 1. The Kier molecular flexibility index (Phi) is 5.64. The van der Waals surface area contributed by atoms with Crippen LogP contribution in [0.2, 0.25) is 5.02 Å². The van der Waals surface area contributed by atoms with E-state index in [1.807, 2.05) is 29.1 Å². The molecule has 0 bridgehead atoms. The van der Waals surface area contributed by atoms with E-state index in [1.165, 1.54) is 5.56 Å². The van der Waals surface area contributed by atoms with Crippen LogP contribution in [0.4, 0.5) is 5.69 Å². The minimum atomic E-state index is -0.0782. The standard InChI is InChI=1S/C21H21ClN2O2/c1-15-5-7-16(8-6-15)19(24-11-3-4-12-24)14-21(25)23-17-9-10-20(26-2)18(22)13-17/h3-13,19H,14H2,1-2H3,(H,23,25)/t19-/m0/s1. The van der Waals surface area contributed by atoms with Crippen LogP contribution in [0.1, 0.15) is 23.6 Å². The smallest absolute Gasteiger partial charge is 0.226 e. The van der Waals surface area contributed by atoms with Crippen molar-refractivity contribution in [2.45, 2.75) is 19.4 Å². The van der Waals surface area contributed by atoms with E-state index in [0.717, 1.165) is 5.56 Å². The predicted octanol–water partition coefficient (Wildman–Crippen LogP) is 5.08. The predicted molar refractivity (Wildman–Crippen MR) is 105 cm³/mol. The first-order valence-electron chi connectivity index (χ1n) is 8.39. The summed E-state index contributed by atoms with van der Waals surface area (Å²) in [4.78, 5) is 12.6. The van der Waals surface area contributed by atoms with E-state index in [1.54, 1.807) is 25.3 Å². The molecule has 134 valence electrons. The quantitative estimate of drug-likeness (QED) is 0.659. The molecule has 0 radical (unpaired) electrons. The van der Waals surface area contributed by atoms with Gasteiger partial charge in [-0.15, -0.1) is 0 Å². The zero-order valence-electron chi connectivity index (χ0n) is 14.8. The van der Waals surface area contributed by atoms with E-state index in [0.29, 0.717) is 22.9 Å². The van der Waals surface area contributed by atoms with Crippen molar-refractivity contribution in [1.82, 2.24) is 4.57 Å². The van der Waals surface area contributed by atoms with Gasteiger partial charge in [-0.25, -0.2) is 0 Å². The fourth-order valence-electron chi connectivity index (χ4n) is 2.87. The number of rotatable bonds is 6. The maximum Gasteiger partial charge on any atom is 0.226 e. The van der Waals surface area contributed by atoms with Crippen molar-refractivity contribution < 1.29 is 9.53 Å². The van der Waals surface area contributed by atoms with Crippen molar-refractivity contribution in [1.29, 1.82) is 0 Å². The Morgan fingerprint density at radius 2 is 1.85 bits per heavy atom. The van der Waals surface area contributed by atoms with Crippen LogP contribution in [0.15, 0.2) is 67.0 Å². The lowest BCUT2D eigenvalue weighted by Crippen LogP contribution is -2.19. The minimum Gasteiger partial charge on any atom is -0.495 e. The van der Waals surface area contributed by atoms with Crippen molar-refractivity contribution in [3.05, 3.63) is 83.1 Å². The second kappa shape index (κ2) is 8.11. The van der Waals surface area contributed by atoms with E-state index in [2.05, 4.69) is 36.5 Å². The van der Waals surface area contributed by atoms with Gasteiger partial charge in [-0.3, -0.25) is 4.79 Å². The molecule has 0 fully saturated rings. The highest BCUT2D eigenvalue weighted by Crippen LogP contribution is 2.28. The van der Waals surface area contributed by atoms with Gasteiger partial charge in [0.05, 0.1) is 24.6 Å². The Morgan fingerprint density at radius 1 is 1.15 bits per heavy atom. The second-order valence-electron chi connectivity index (χ2n) is 6.16. The summed E-state index contributed by atoms with van der Waals surface area (Å²) in [6.07, 6.45) is 4.27. The molecule has 1 N–H and O–H groups in total. The van der Waals surface area contributed by atoms with Crippen molar-refractivity contribution in [3.63, 3.8) is 0 Å². The summed E-state index contributed by atoms with van der Waals surface area (Å²) < 4.78 is 7.18. The molecule has 3 rings (SSSR count). The Labute approximate surface area is 158 Å². The number of hydrogen-bond acceptors (Lipinski definition) is 2. The molecule has 0 aliphatic rings. The fraction of sp³-hybridized carbons (Fsp3) is 0.190. The summed E-state index contributed by atoms with van der Waals surface area (Å²) in [7, 11) is 1.56. The topological polar surface area (TPSA) is 43.3 Å². The highest BCUT2D eigenvalue weighted by atomic mass is 35.5. The van der Waals surface area contributed by atoms with Gasteiger partial charge in [0.1, 0.15) is 5.75 Å². The highest BCUT2D eigenvalue weighted by Gasteiger charge is 2.17. The van der Waals surface area contributed by atoms with Crippen molar-refractivity contribution in [2.75, 3.05) is 12.4 Å². The van der Waals surface area contributed by atoms with Crippen molar-refractivity contribution in [3.8, 4) is 5.75 Å². The van der Waals surface area contributed by atoms with Crippen LogP contribution in [0.5, 0.6) is 5.75 Å². The third-order valence-corrected chi connectivity index (χ3v) is 4.56. The Hall–Kier alpha value is -2.72. The second-order valence-corrected chi connectivity index (χ2v) is 6.57. The molecular weight excluding hydrogens is 348 g/mol. The lowest BCUT2D eigenvalue weighted by atomic mass is 10.0. The summed E-state index contributed by atoms with van der Waals surface area (Å²) in [5.41, 5.74) is 2.93. The fourth-order valence-corrected chi connectivity index (χ4v) is 3.13. The third kappa shape index (κ3) is 4.27. The molecule has 1 atom stereocenters. The number of methoxy groups -OCH3 is 1. The number of benzene rings is 2. The van der Waals surface area contributed by atoms with Crippen LogP contribution in [0, 0.1) is 6.92 Å². The van der Waals surface area contributed by atoms with Crippen molar-refractivity contribution >= 4 is 23.2 Å². The van der Waals surface area contributed by atoms with Gasteiger partial charge in [0, 0.05) is 18.1 Å². The average molecular weight is 369 g/mol. The number of halogens is 1. The van der Waals surface area contributed by atoms with Gasteiger partial charge in [0.25, 0.3) is 0 Å². The van der Waals surface area contributed by atoms with E-state index in [4.69, 9.17) is 16.3 Å². The number of nitrogens with zero attached hydrogens (tertiary/aromatic N) is 1. The molecule has 0 spiro atoms. The normalized spacial score (nSPS) is 11.8. The van der Waals surface area contributed by atoms with E-state index < -0.39 is 0 Å². The summed E-state index contributed by atoms with van der Waals surface area (Å²) in [5, 5.41) is 3.38.